The van der Waals surface area contributed by atoms with Gasteiger partial charge in [0.15, 0.2) is 20.6 Å². The molecule has 37 heavy (non-hydrogen) atoms. The van der Waals surface area contributed by atoms with Gasteiger partial charge >= 0.3 is 0 Å². The van der Waals surface area contributed by atoms with E-state index in [9.17, 15) is 13.2 Å². The molecule has 1 aromatic carbocycles. The van der Waals surface area contributed by atoms with Gasteiger partial charge in [-0.15, -0.1) is 0 Å². The quantitative estimate of drug-likeness (QED) is 0.334. The number of carbonyl (C=O) groups excluding carboxylic acids is 1. The van der Waals surface area contributed by atoms with E-state index in [4.69, 9.17) is 0 Å². The summed E-state index contributed by atoms with van der Waals surface area (Å²) >= 11 is 0. The molecule has 0 unspecified atom stereocenters. The number of aliphatic imine (C=N–C) groups is 1. The van der Waals surface area contributed by atoms with Gasteiger partial charge < -0.3 is 5.32 Å². The number of rotatable bonds is 8. The Hall–Kier alpha value is -3.63. The highest BCUT2D eigenvalue weighted by molar-refractivity contribution is 7.90. The molecule has 0 spiro atoms. The average Bonchev–Trinajstić information content (AvgIpc) is 3.12. The number of anilines is 1. The molecule has 4 rings (SSSR count). The van der Waals surface area contributed by atoms with Crippen LogP contribution in [0.15, 0.2) is 64.4 Å². The smallest absolute Gasteiger partial charge is 0.276 e. The molecule has 3 aromatic rings. The molecule has 0 bridgehead atoms. The zero-order chi connectivity index (χ0) is 26.4. The van der Waals surface area contributed by atoms with Crippen molar-refractivity contribution in [3.63, 3.8) is 0 Å². The summed E-state index contributed by atoms with van der Waals surface area (Å²) in [4.78, 5) is 23.4. The zero-order valence-electron chi connectivity index (χ0n) is 21.2. The molecular weight excluding hydrogens is 488 g/mol. The summed E-state index contributed by atoms with van der Waals surface area (Å²) in [6.07, 6.45) is 11.3. The number of aromatic amines is 1. The molecule has 1 saturated heterocycles. The van der Waals surface area contributed by atoms with Crippen molar-refractivity contribution in [1.82, 2.24) is 20.1 Å². The fraction of sp³-hybridized carbons (Fsp3) is 0.333. The molecule has 0 radical (unpaired) electrons. The fourth-order valence-corrected chi connectivity index (χ4v) is 5.01. The molecule has 2 N–H and O–H groups in total. The Balaban J connectivity index is 1.55. The molecule has 2 aromatic heterocycles. The van der Waals surface area contributed by atoms with E-state index in [1.165, 1.54) is 44.0 Å². The van der Waals surface area contributed by atoms with Crippen LogP contribution in [0.3, 0.4) is 0 Å². The Bertz CT molecular complexity index is 1450. The number of hydrogen-bond donors (Lipinski definition) is 2. The van der Waals surface area contributed by atoms with Gasteiger partial charge in [0.1, 0.15) is 0 Å². The van der Waals surface area contributed by atoms with Crippen molar-refractivity contribution in [3.05, 3.63) is 65.6 Å². The molecule has 0 saturated carbocycles. The van der Waals surface area contributed by atoms with Gasteiger partial charge in [-0.25, -0.2) is 13.4 Å². The van der Waals surface area contributed by atoms with E-state index in [0.29, 0.717) is 11.1 Å². The highest BCUT2D eigenvalue weighted by Crippen LogP contribution is 2.25. The van der Waals surface area contributed by atoms with E-state index in [1.54, 1.807) is 0 Å². The molecule has 194 valence electrons. The van der Waals surface area contributed by atoms with E-state index in [1.807, 2.05) is 31.3 Å². The number of amides is 1. The molecule has 1 aliphatic heterocycles. The summed E-state index contributed by atoms with van der Waals surface area (Å²) in [5, 5.41) is 10.5. The third kappa shape index (κ3) is 6.78. The number of fused-ring (bicyclic) bond motifs is 1. The minimum atomic E-state index is -3.42. The van der Waals surface area contributed by atoms with Crippen LogP contribution in [0.4, 0.5) is 5.69 Å². The van der Waals surface area contributed by atoms with E-state index in [-0.39, 0.29) is 10.7 Å². The second-order valence-electron chi connectivity index (χ2n) is 9.35. The van der Waals surface area contributed by atoms with Crippen molar-refractivity contribution < 1.29 is 13.2 Å². The van der Waals surface area contributed by atoms with Crippen LogP contribution in [0.25, 0.3) is 16.5 Å². The minimum absolute atomic E-state index is 0.0569. The van der Waals surface area contributed by atoms with E-state index >= 15 is 0 Å². The normalized spacial score (nSPS) is 15.9. The molecule has 0 atom stereocenters. The van der Waals surface area contributed by atoms with Crippen LogP contribution in [0.5, 0.6) is 0 Å². The number of hydrogen-bond acceptors (Lipinski definition) is 7. The Kier molecular flexibility index (Phi) is 8.30. The van der Waals surface area contributed by atoms with Crippen LogP contribution in [0.2, 0.25) is 0 Å². The molecule has 0 aliphatic carbocycles. The summed E-state index contributed by atoms with van der Waals surface area (Å²) < 4.78 is 23.2. The van der Waals surface area contributed by atoms with Crippen molar-refractivity contribution in [3.8, 4) is 0 Å². The first-order chi connectivity index (χ1) is 17.7. The Morgan fingerprint density at radius 1 is 1.19 bits per heavy atom. The number of sulfone groups is 1. The van der Waals surface area contributed by atoms with Gasteiger partial charge in [0.05, 0.1) is 17.4 Å². The third-order valence-corrected chi connectivity index (χ3v) is 7.37. The Morgan fingerprint density at radius 3 is 2.59 bits per heavy atom. The highest BCUT2D eigenvalue weighted by atomic mass is 32.2. The summed E-state index contributed by atoms with van der Waals surface area (Å²) in [6, 6.07) is 8.69. The molecule has 1 amide bonds. The summed E-state index contributed by atoms with van der Waals surface area (Å²) in [5.74, 6) is -0.420. The topological polar surface area (TPSA) is 120 Å². The molecule has 1 aliphatic rings. The second-order valence-corrected chi connectivity index (χ2v) is 11.3. The maximum absolute atomic E-state index is 13.0. The van der Waals surface area contributed by atoms with Gasteiger partial charge in [-0.3, -0.25) is 19.8 Å². The number of carbonyl (C=O) groups is 1. The summed E-state index contributed by atoms with van der Waals surface area (Å²) in [5.41, 5.74) is 4.45. The van der Waals surface area contributed by atoms with Crippen LogP contribution in [0, 0.1) is 0 Å². The van der Waals surface area contributed by atoms with Gasteiger partial charge in [0.25, 0.3) is 5.91 Å². The van der Waals surface area contributed by atoms with Crippen molar-refractivity contribution in [2.75, 3.05) is 31.2 Å². The zero-order valence-corrected chi connectivity index (χ0v) is 22.0. The summed E-state index contributed by atoms with van der Waals surface area (Å²) in [7, 11) is -3.42. The standard InChI is InChI=1S/C27H32N6O3S/c1-19(14-20(16-28-2)18-33-12-6-4-5-7-13-33)21-8-10-24-23(15-21)26(32-31-24)27(34)30-22-9-11-25(29-17-22)37(3,35)36/h8-11,14-17H,2,4-7,12-13,18H2,1,3H3,(H,30,34)(H,31,32)/b19-14+,20-16+. The molecule has 10 heteroatoms. The van der Waals surface area contributed by atoms with E-state index in [0.717, 1.165) is 48.1 Å². The van der Waals surface area contributed by atoms with Crippen LogP contribution in [0.1, 0.15) is 48.7 Å². The van der Waals surface area contributed by atoms with Gasteiger partial charge in [-0.05, 0) is 80.5 Å². The number of likely N-dealkylation sites (tertiary alicyclic amines) is 1. The van der Waals surface area contributed by atoms with Crippen molar-refractivity contribution in [2.24, 2.45) is 4.99 Å². The number of pyridine rings is 1. The second kappa shape index (κ2) is 11.6. The van der Waals surface area contributed by atoms with E-state index in [2.05, 4.69) is 43.2 Å². The van der Waals surface area contributed by atoms with Crippen LogP contribution in [-0.4, -0.2) is 67.0 Å². The number of nitrogens with one attached hydrogen (secondary N) is 2. The molecular formula is C27H32N6O3S. The van der Waals surface area contributed by atoms with Crippen molar-refractivity contribution in [2.45, 2.75) is 37.6 Å². The number of allylic oxidation sites excluding steroid dienone is 1. The average molecular weight is 521 g/mol. The highest BCUT2D eigenvalue weighted by Gasteiger charge is 2.17. The predicted molar refractivity (Wildman–Crippen MR) is 148 cm³/mol. The van der Waals surface area contributed by atoms with Crippen LogP contribution >= 0.6 is 0 Å². The van der Waals surface area contributed by atoms with Gasteiger partial charge in [-0.2, -0.15) is 5.10 Å². The maximum Gasteiger partial charge on any atom is 0.276 e. The predicted octanol–water partition coefficient (Wildman–Crippen LogP) is 4.48. The summed E-state index contributed by atoms with van der Waals surface area (Å²) in [6.45, 7) is 8.68. The number of nitrogens with zero attached hydrogens (tertiary/aromatic N) is 4. The first-order valence-corrected chi connectivity index (χ1v) is 14.2. The molecule has 1 fully saturated rings. The fourth-order valence-electron chi connectivity index (χ4n) is 4.45. The van der Waals surface area contributed by atoms with Gasteiger partial charge in [0, 0.05) is 24.4 Å². The molecule has 9 nitrogen and oxygen atoms in total. The SMILES string of the molecule is C=N/C=C(\C=C(/C)c1ccc2[nH]nc(C(=O)Nc3ccc(S(C)(=O)=O)nc3)c2c1)CN1CCCCCC1. The first kappa shape index (κ1) is 26.4. The lowest BCUT2D eigenvalue weighted by Crippen LogP contribution is -2.26. The Morgan fingerprint density at radius 2 is 1.95 bits per heavy atom. The van der Waals surface area contributed by atoms with Crippen molar-refractivity contribution >= 4 is 44.6 Å². The monoisotopic (exact) mass is 520 g/mol. The van der Waals surface area contributed by atoms with Crippen LogP contribution in [-0.2, 0) is 9.84 Å². The van der Waals surface area contributed by atoms with Crippen LogP contribution < -0.4 is 5.32 Å². The van der Waals surface area contributed by atoms with Crippen molar-refractivity contribution in [1.29, 1.82) is 0 Å². The Labute approximate surface area is 217 Å². The molecule has 3 heterocycles. The number of aromatic nitrogens is 3. The number of benzene rings is 1. The lowest BCUT2D eigenvalue weighted by molar-refractivity contribution is 0.102. The minimum Gasteiger partial charge on any atom is -0.319 e. The lowest BCUT2D eigenvalue weighted by atomic mass is 10.0. The van der Waals surface area contributed by atoms with Gasteiger partial charge in [-0.1, -0.05) is 25.0 Å². The largest absolute Gasteiger partial charge is 0.319 e. The number of H-pyrrole nitrogens is 1. The first-order valence-electron chi connectivity index (χ1n) is 12.3. The lowest BCUT2D eigenvalue weighted by Gasteiger charge is -2.20. The maximum atomic E-state index is 13.0. The van der Waals surface area contributed by atoms with Gasteiger partial charge in [0.2, 0.25) is 0 Å². The third-order valence-electron chi connectivity index (χ3n) is 6.37. The van der Waals surface area contributed by atoms with E-state index < -0.39 is 15.7 Å².